The number of aromatic nitrogens is 4. The maximum Gasteiger partial charge on any atom is 0.136 e. The number of hydrogen-bond acceptors (Lipinski definition) is 2. The summed E-state index contributed by atoms with van der Waals surface area (Å²) in [6, 6.07) is 141. The molecule has 512 valence electrons. The van der Waals surface area contributed by atoms with Crippen LogP contribution in [0.4, 0.5) is 0 Å². The van der Waals surface area contributed by atoms with E-state index in [1.165, 1.54) is 142 Å². The molecule has 6 heteroatoms. The maximum atomic E-state index is 6.45. The van der Waals surface area contributed by atoms with Crippen LogP contribution in [0.1, 0.15) is 0 Å². The van der Waals surface area contributed by atoms with E-state index in [0.29, 0.717) is 0 Å². The molecule has 110 heavy (non-hydrogen) atoms. The number of nitrogens with zero attached hydrogens (tertiary/aromatic N) is 4. The lowest BCUT2D eigenvalue weighted by Crippen LogP contribution is -1.94. The number of rotatable bonds is 8. The summed E-state index contributed by atoms with van der Waals surface area (Å²) in [7, 11) is 0. The summed E-state index contributed by atoms with van der Waals surface area (Å²) < 4.78 is 22.5. The highest BCUT2D eigenvalue weighted by atomic mass is 16.3. The van der Waals surface area contributed by atoms with Crippen LogP contribution in [0.25, 0.3) is 220 Å². The number of fused-ring (bicyclic) bond motifs is 21. The lowest BCUT2D eigenvalue weighted by molar-refractivity contribution is 0.669. The van der Waals surface area contributed by atoms with Crippen molar-refractivity contribution in [2.75, 3.05) is 0 Å². The van der Waals surface area contributed by atoms with Gasteiger partial charge in [0.2, 0.25) is 0 Å². The van der Waals surface area contributed by atoms with Crippen molar-refractivity contribution >= 4 is 153 Å². The van der Waals surface area contributed by atoms with Crippen LogP contribution in [0.15, 0.2) is 397 Å². The smallest absolute Gasteiger partial charge is 0.136 e. The van der Waals surface area contributed by atoms with Crippen LogP contribution < -0.4 is 0 Å². The molecule has 24 rings (SSSR count). The molecule has 0 aliphatic rings. The van der Waals surface area contributed by atoms with Gasteiger partial charge in [-0.2, -0.15) is 0 Å². The second-order valence-corrected chi connectivity index (χ2v) is 29.1. The third-order valence-electron chi connectivity index (χ3n) is 22.9. The first-order valence-electron chi connectivity index (χ1n) is 37.7. The molecular formula is C104H64N4O2. The molecule has 6 heterocycles. The molecule has 0 N–H and O–H groups in total. The zero-order valence-electron chi connectivity index (χ0n) is 59.6. The first-order chi connectivity index (χ1) is 54.5. The summed E-state index contributed by atoms with van der Waals surface area (Å²) in [4.78, 5) is 0. The Morgan fingerprint density at radius 3 is 1.05 bits per heavy atom. The van der Waals surface area contributed by atoms with E-state index in [0.717, 1.165) is 77.7 Å². The van der Waals surface area contributed by atoms with Crippen molar-refractivity contribution < 1.29 is 8.83 Å². The van der Waals surface area contributed by atoms with Crippen molar-refractivity contribution in [3.05, 3.63) is 388 Å². The van der Waals surface area contributed by atoms with Crippen molar-refractivity contribution in [1.82, 2.24) is 18.3 Å². The third kappa shape index (κ3) is 9.69. The molecule has 0 spiro atoms. The van der Waals surface area contributed by atoms with Crippen molar-refractivity contribution in [1.29, 1.82) is 0 Å². The predicted molar refractivity (Wildman–Crippen MR) is 462 cm³/mol. The van der Waals surface area contributed by atoms with E-state index in [-0.39, 0.29) is 0 Å². The molecule has 24 aromatic rings. The normalized spacial score (nSPS) is 12.0. The highest BCUT2D eigenvalue weighted by molar-refractivity contribution is 6.28. The minimum absolute atomic E-state index is 0.905. The van der Waals surface area contributed by atoms with E-state index in [9.17, 15) is 0 Å². The molecule has 0 amide bonds. The number of furan rings is 2. The third-order valence-corrected chi connectivity index (χ3v) is 22.9. The maximum absolute atomic E-state index is 6.45. The fraction of sp³-hybridized carbons (Fsp3) is 0. The molecule has 0 radical (unpaired) electrons. The van der Waals surface area contributed by atoms with Crippen molar-refractivity contribution in [2.45, 2.75) is 0 Å². The molecule has 0 bridgehead atoms. The largest absolute Gasteiger partial charge is 0.456 e. The monoisotopic (exact) mass is 1400 g/mol. The number of para-hydroxylation sites is 4. The topological polar surface area (TPSA) is 46.0 Å². The van der Waals surface area contributed by atoms with Gasteiger partial charge in [0.25, 0.3) is 0 Å². The lowest BCUT2D eigenvalue weighted by atomic mass is 9.99. The van der Waals surface area contributed by atoms with Gasteiger partial charge in [0.15, 0.2) is 0 Å². The average Bonchev–Trinajstić information content (AvgIpc) is 1.56. The highest BCUT2D eigenvalue weighted by Gasteiger charge is 2.24. The number of hydrogen-bond donors (Lipinski definition) is 0. The Morgan fingerprint density at radius 2 is 0.509 bits per heavy atom. The second-order valence-electron chi connectivity index (χ2n) is 29.1. The summed E-state index contributed by atoms with van der Waals surface area (Å²) >= 11 is 0. The van der Waals surface area contributed by atoms with Crippen LogP contribution in [0.5, 0.6) is 0 Å². The Morgan fingerprint density at radius 1 is 0.145 bits per heavy atom. The fourth-order valence-corrected chi connectivity index (χ4v) is 17.9. The average molecular weight is 1400 g/mol. The van der Waals surface area contributed by atoms with Crippen LogP contribution in [-0.2, 0) is 0 Å². The predicted octanol–water partition coefficient (Wildman–Crippen LogP) is 28.5. The van der Waals surface area contributed by atoms with Crippen LogP contribution in [0.3, 0.4) is 0 Å². The van der Waals surface area contributed by atoms with Gasteiger partial charge in [0.05, 0.1) is 44.1 Å². The van der Waals surface area contributed by atoms with E-state index < -0.39 is 0 Å². The van der Waals surface area contributed by atoms with Gasteiger partial charge < -0.3 is 27.1 Å². The van der Waals surface area contributed by atoms with Gasteiger partial charge in [-0.3, -0.25) is 0 Å². The van der Waals surface area contributed by atoms with Gasteiger partial charge in [-0.15, -0.1) is 0 Å². The van der Waals surface area contributed by atoms with Crippen LogP contribution in [0, 0.1) is 0 Å². The molecular weight excluding hydrogens is 1340 g/mol. The number of benzene rings is 18. The van der Waals surface area contributed by atoms with Gasteiger partial charge in [0, 0.05) is 87.4 Å². The summed E-state index contributed by atoms with van der Waals surface area (Å²) in [5.41, 5.74) is 27.2. The second kappa shape index (κ2) is 24.4. The Balaban J connectivity index is 0.000000132. The van der Waals surface area contributed by atoms with E-state index in [4.69, 9.17) is 8.83 Å². The Labute approximate surface area is 631 Å². The molecule has 0 aliphatic carbocycles. The van der Waals surface area contributed by atoms with Gasteiger partial charge in [-0.05, 0) is 212 Å². The molecule has 0 aliphatic heterocycles. The Kier molecular flexibility index (Phi) is 13.7. The molecule has 6 nitrogen and oxygen atoms in total. The molecule has 0 atom stereocenters. The van der Waals surface area contributed by atoms with E-state index >= 15 is 0 Å². The lowest BCUT2D eigenvalue weighted by Gasteiger charge is -2.11. The Bertz CT molecular complexity index is 7830. The Hall–Kier alpha value is -14.7. The zero-order valence-corrected chi connectivity index (χ0v) is 59.6. The minimum atomic E-state index is 0.905. The van der Waals surface area contributed by atoms with Crippen molar-refractivity contribution in [3.63, 3.8) is 0 Å². The van der Waals surface area contributed by atoms with E-state index in [1.807, 2.05) is 12.1 Å². The molecule has 0 fully saturated rings. The molecule has 18 aromatic carbocycles. The summed E-state index contributed by atoms with van der Waals surface area (Å²) in [6.45, 7) is 0. The zero-order chi connectivity index (χ0) is 72.1. The highest BCUT2D eigenvalue weighted by Crippen LogP contribution is 2.46. The van der Waals surface area contributed by atoms with Crippen molar-refractivity contribution in [3.8, 4) is 67.3 Å². The van der Waals surface area contributed by atoms with Crippen LogP contribution in [-0.4, -0.2) is 18.3 Å². The molecule has 6 aromatic heterocycles. The minimum Gasteiger partial charge on any atom is -0.456 e. The summed E-state index contributed by atoms with van der Waals surface area (Å²) in [5.74, 6) is 0. The van der Waals surface area contributed by atoms with Gasteiger partial charge in [-0.25, -0.2) is 0 Å². The van der Waals surface area contributed by atoms with Crippen molar-refractivity contribution in [2.24, 2.45) is 0 Å². The van der Waals surface area contributed by atoms with E-state index in [1.54, 1.807) is 0 Å². The van der Waals surface area contributed by atoms with Gasteiger partial charge in [0.1, 0.15) is 22.3 Å². The van der Waals surface area contributed by atoms with Gasteiger partial charge >= 0.3 is 0 Å². The SMILES string of the molecule is c1ccc(-c2cccc(-n3c4ccccc4c4cc(-c5ccc6c(c5)c5c7c(ccc5n6-c5ccc6ccccc6c5)oc5ccccc57)ccc43)c2)cc1.c1ccc(-c2cccc(-n3c4ccccc4c4cc(-c5ccc6c(c5)c5cc7oc8ccccc8c7cc5n6-c5ccc6ccccc6c5)ccc43)c2)cc1. The fourth-order valence-electron chi connectivity index (χ4n) is 17.9. The molecule has 0 saturated carbocycles. The summed E-state index contributed by atoms with van der Waals surface area (Å²) in [6.07, 6.45) is 0. The van der Waals surface area contributed by atoms with Crippen LogP contribution >= 0.6 is 0 Å². The summed E-state index contributed by atoms with van der Waals surface area (Å²) in [5, 5.41) is 19.2. The molecule has 0 unspecified atom stereocenters. The van der Waals surface area contributed by atoms with Gasteiger partial charge in [-0.1, -0.05) is 243 Å². The first kappa shape index (κ1) is 61.6. The van der Waals surface area contributed by atoms with Crippen LogP contribution in [0.2, 0.25) is 0 Å². The van der Waals surface area contributed by atoms with E-state index in [2.05, 4.69) is 394 Å². The molecule has 0 saturated heterocycles. The standard InChI is InChI=1S/2C52H32N2O/c1-2-11-33(12-3-1)36-15-10-16-39(27-36)53-47-19-8-6-17-41(47)43-29-37(22-25-48(43)53)38-23-26-49-44(30-38)45-32-52-46(42-18-7-9-20-51(42)55-52)31-50(45)54(49)40-24-21-34-13-4-5-14-35(34)28-40;1-2-11-33(12-3-1)36-15-10-16-39(29-36)53-45-19-8-6-17-41(45)43-31-37(22-25-46(43)53)38-23-26-47-44(32-38)51-48(27-28-50-52(51)42-18-7-9-20-49(42)55-50)54(47)40-24-21-34-13-4-5-14-35(34)30-40/h2*1-32H. The first-order valence-corrected chi connectivity index (χ1v) is 37.7. The quantitative estimate of drug-likeness (QED) is 0.152.